The zero-order valence-corrected chi connectivity index (χ0v) is 21.3. The van der Waals surface area contributed by atoms with Crippen molar-refractivity contribution in [3.05, 3.63) is 40.3 Å². The molecule has 34 heavy (non-hydrogen) atoms. The lowest BCUT2D eigenvalue weighted by Gasteiger charge is -2.31. The number of hydrogen-bond donors (Lipinski definition) is 1. The molecule has 1 amide bonds. The molecule has 1 N–H and O–H groups in total. The molecule has 0 bridgehead atoms. The fourth-order valence-corrected chi connectivity index (χ4v) is 8.84. The minimum Gasteiger partial charge on any atom is -0.465 e. The predicted octanol–water partition coefficient (Wildman–Crippen LogP) is 2.47. The van der Waals surface area contributed by atoms with E-state index in [1.54, 1.807) is 0 Å². The van der Waals surface area contributed by atoms with Gasteiger partial charge in [-0.1, -0.05) is 12.1 Å². The third kappa shape index (κ3) is 4.64. The average molecular weight is 527 g/mol. The second kappa shape index (κ2) is 9.40. The number of amides is 1. The first kappa shape index (κ1) is 24.8. The monoisotopic (exact) mass is 526 g/mol. The molecule has 2 aliphatic rings. The van der Waals surface area contributed by atoms with Crippen molar-refractivity contribution in [2.24, 2.45) is 5.92 Å². The van der Waals surface area contributed by atoms with Crippen LogP contribution in [0.5, 0.6) is 0 Å². The van der Waals surface area contributed by atoms with Crippen LogP contribution < -0.4 is 5.32 Å². The lowest BCUT2D eigenvalue weighted by molar-refractivity contribution is -0.120. The number of rotatable bonds is 6. The number of thiophene rings is 1. The molecule has 1 aliphatic carbocycles. The molecular weight excluding hydrogens is 500 g/mol. The molecule has 9 nitrogen and oxygen atoms in total. The Labute approximate surface area is 203 Å². The standard InChI is InChI=1S/C22H26N2O7S3/c1-31-22(26)19-15-6-5-7-16(15)32-21(19)23-20(25)14-10-12-24(13-11-14)34(29,30)18-9-4-3-8-17(18)33(2,27)28/h3-4,8-9,14H,5-7,10-13H2,1-2H3,(H,23,25). The van der Waals surface area contributed by atoms with E-state index in [1.807, 2.05) is 0 Å². The van der Waals surface area contributed by atoms with Gasteiger partial charge in [-0.2, -0.15) is 4.31 Å². The maximum atomic E-state index is 13.2. The minimum absolute atomic E-state index is 0.0866. The van der Waals surface area contributed by atoms with E-state index in [1.165, 1.54) is 47.0 Å². The van der Waals surface area contributed by atoms with Crippen LogP contribution in [0.3, 0.4) is 0 Å². The quantitative estimate of drug-likeness (QED) is 0.573. The number of aryl methyl sites for hydroxylation is 1. The lowest BCUT2D eigenvalue weighted by atomic mass is 9.97. The van der Waals surface area contributed by atoms with Crippen molar-refractivity contribution in [2.45, 2.75) is 41.9 Å². The Morgan fingerprint density at radius 3 is 2.32 bits per heavy atom. The number of ether oxygens (including phenoxy) is 1. The van der Waals surface area contributed by atoms with Crippen LogP contribution in [0.1, 0.15) is 40.1 Å². The number of sulfonamides is 1. The average Bonchev–Trinajstić information content (AvgIpc) is 3.39. The number of carbonyl (C=O) groups excluding carboxylic acids is 2. The summed E-state index contributed by atoms with van der Waals surface area (Å²) >= 11 is 1.39. The van der Waals surface area contributed by atoms with E-state index in [0.29, 0.717) is 10.6 Å². The van der Waals surface area contributed by atoms with Crippen LogP contribution in [0.2, 0.25) is 0 Å². The van der Waals surface area contributed by atoms with Gasteiger partial charge in [0, 0.05) is 30.1 Å². The molecule has 4 rings (SSSR count). The summed E-state index contributed by atoms with van der Waals surface area (Å²) in [5.74, 6) is -1.17. The molecule has 12 heteroatoms. The molecule has 0 unspecified atom stereocenters. The van der Waals surface area contributed by atoms with Gasteiger partial charge < -0.3 is 10.1 Å². The maximum absolute atomic E-state index is 13.2. The molecule has 2 heterocycles. The smallest absolute Gasteiger partial charge is 0.341 e. The third-order valence-electron chi connectivity index (χ3n) is 6.24. The number of nitrogens with one attached hydrogen (secondary N) is 1. The first-order valence-electron chi connectivity index (χ1n) is 10.9. The largest absolute Gasteiger partial charge is 0.465 e. The summed E-state index contributed by atoms with van der Waals surface area (Å²) in [6, 6.07) is 5.53. The molecule has 0 atom stereocenters. The summed E-state index contributed by atoms with van der Waals surface area (Å²) in [4.78, 5) is 25.9. The van der Waals surface area contributed by atoms with Gasteiger partial charge >= 0.3 is 5.97 Å². The van der Waals surface area contributed by atoms with E-state index < -0.39 is 31.7 Å². The van der Waals surface area contributed by atoms with Crippen LogP contribution >= 0.6 is 11.3 Å². The van der Waals surface area contributed by atoms with Gasteiger partial charge in [-0.25, -0.2) is 21.6 Å². The van der Waals surface area contributed by atoms with Crippen molar-refractivity contribution >= 4 is 48.1 Å². The number of piperidine rings is 1. The van der Waals surface area contributed by atoms with Gasteiger partial charge in [-0.3, -0.25) is 4.79 Å². The van der Waals surface area contributed by atoms with Gasteiger partial charge in [0.25, 0.3) is 0 Å². The number of anilines is 1. The van der Waals surface area contributed by atoms with E-state index in [4.69, 9.17) is 4.74 Å². The van der Waals surface area contributed by atoms with Crippen molar-refractivity contribution in [1.29, 1.82) is 0 Å². The second-order valence-electron chi connectivity index (χ2n) is 8.44. The van der Waals surface area contributed by atoms with E-state index in [2.05, 4.69) is 5.32 Å². The summed E-state index contributed by atoms with van der Waals surface area (Å²) in [6.45, 7) is 0.173. The highest BCUT2D eigenvalue weighted by atomic mass is 32.2. The number of esters is 1. The summed E-state index contributed by atoms with van der Waals surface area (Å²) in [7, 11) is -6.46. The number of fused-ring (bicyclic) bond motifs is 1. The number of sulfone groups is 1. The molecule has 0 radical (unpaired) electrons. The predicted molar refractivity (Wildman–Crippen MR) is 127 cm³/mol. The molecule has 1 aromatic heterocycles. The van der Waals surface area contributed by atoms with E-state index >= 15 is 0 Å². The highest BCUT2D eigenvalue weighted by Crippen LogP contribution is 2.40. The first-order valence-corrected chi connectivity index (χ1v) is 15.0. The second-order valence-corrected chi connectivity index (χ2v) is 13.4. The summed E-state index contributed by atoms with van der Waals surface area (Å²) in [5, 5.41) is 3.36. The van der Waals surface area contributed by atoms with Crippen LogP contribution in [0.15, 0.2) is 34.1 Å². The molecule has 1 fully saturated rings. The molecule has 0 spiro atoms. The first-order chi connectivity index (χ1) is 16.0. The molecule has 2 aromatic rings. The van der Waals surface area contributed by atoms with Gasteiger partial charge in [-0.15, -0.1) is 11.3 Å². The summed E-state index contributed by atoms with van der Waals surface area (Å²) < 4.78 is 56.6. The topological polar surface area (TPSA) is 127 Å². The summed E-state index contributed by atoms with van der Waals surface area (Å²) in [6.07, 6.45) is 4.15. The highest BCUT2D eigenvalue weighted by molar-refractivity contribution is 7.93. The molecule has 1 aliphatic heterocycles. The zero-order chi connectivity index (χ0) is 24.7. The van der Waals surface area contributed by atoms with Crippen LogP contribution in [0, 0.1) is 5.92 Å². The van der Waals surface area contributed by atoms with E-state index in [0.717, 1.165) is 36.0 Å². The van der Waals surface area contributed by atoms with Crippen molar-refractivity contribution in [3.8, 4) is 0 Å². The van der Waals surface area contributed by atoms with Gasteiger partial charge in [0.05, 0.1) is 17.6 Å². The minimum atomic E-state index is -4.04. The Balaban J connectivity index is 1.47. The van der Waals surface area contributed by atoms with Gasteiger partial charge in [0.15, 0.2) is 9.84 Å². The number of benzene rings is 1. The van der Waals surface area contributed by atoms with Gasteiger partial charge in [0.2, 0.25) is 15.9 Å². The fraction of sp³-hybridized carbons (Fsp3) is 0.455. The Morgan fingerprint density at radius 1 is 1.06 bits per heavy atom. The van der Waals surface area contributed by atoms with Crippen LogP contribution in [-0.4, -0.2) is 59.5 Å². The van der Waals surface area contributed by atoms with Crippen LogP contribution in [-0.2, 0) is 42.2 Å². The van der Waals surface area contributed by atoms with Crippen molar-refractivity contribution < 1.29 is 31.2 Å². The number of hydrogen-bond acceptors (Lipinski definition) is 8. The number of methoxy groups -OCH3 is 1. The van der Waals surface area contributed by atoms with E-state index in [-0.39, 0.29) is 41.6 Å². The Kier molecular flexibility index (Phi) is 6.87. The normalized spacial score (nSPS) is 17.4. The molecule has 184 valence electrons. The van der Waals surface area contributed by atoms with Gasteiger partial charge in [-0.05, 0) is 49.8 Å². The number of carbonyl (C=O) groups is 2. The molecule has 1 saturated heterocycles. The Morgan fingerprint density at radius 2 is 1.71 bits per heavy atom. The molecular formula is C22H26N2O7S3. The molecule has 0 saturated carbocycles. The Hall–Kier alpha value is -2.28. The third-order valence-corrected chi connectivity index (χ3v) is 10.7. The SMILES string of the molecule is COC(=O)c1c(NC(=O)C2CCN(S(=O)(=O)c3ccccc3S(C)(=O)=O)CC2)sc2c1CCC2. The lowest BCUT2D eigenvalue weighted by Crippen LogP contribution is -2.41. The van der Waals surface area contributed by atoms with Crippen molar-refractivity contribution in [3.63, 3.8) is 0 Å². The summed E-state index contributed by atoms with van der Waals surface area (Å²) in [5.41, 5.74) is 1.36. The Bertz CT molecular complexity index is 1340. The zero-order valence-electron chi connectivity index (χ0n) is 18.9. The van der Waals surface area contributed by atoms with Gasteiger partial charge in [0.1, 0.15) is 9.90 Å². The van der Waals surface area contributed by atoms with Crippen molar-refractivity contribution in [2.75, 3.05) is 31.8 Å². The van der Waals surface area contributed by atoms with Crippen LogP contribution in [0.4, 0.5) is 5.00 Å². The highest BCUT2D eigenvalue weighted by Gasteiger charge is 2.35. The van der Waals surface area contributed by atoms with Crippen molar-refractivity contribution in [1.82, 2.24) is 4.31 Å². The fourth-order valence-electron chi connectivity index (χ4n) is 4.49. The molecule has 1 aromatic carbocycles. The maximum Gasteiger partial charge on any atom is 0.341 e. The number of nitrogens with zero attached hydrogens (tertiary/aromatic N) is 1. The van der Waals surface area contributed by atoms with E-state index in [9.17, 15) is 26.4 Å². The van der Waals surface area contributed by atoms with Crippen LogP contribution in [0.25, 0.3) is 0 Å².